The molecule has 1 fully saturated rings. The van der Waals surface area contributed by atoms with E-state index < -0.39 is 9.84 Å². The number of imidazole rings is 1. The van der Waals surface area contributed by atoms with Crippen LogP contribution in [0.25, 0.3) is 11.0 Å². The Morgan fingerprint density at radius 3 is 2.85 bits per heavy atom. The van der Waals surface area contributed by atoms with Crippen LogP contribution in [-0.2, 0) is 16.4 Å². The van der Waals surface area contributed by atoms with Crippen LogP contribution in [0.5, 0.6) is 0 Å². The fourth-order valence-corrected chi connectivity index (χ4v) is 4.89. The number of hydrogen-bond acceptors (Lipinski definition) is 4. The minimum absolute atomic E-state index is 0. The molecule has 0 radical (unpaired) electrons. The molecule has 1 unspecified atom stereocenters. The van der Waals surface area contributed by atoms with Crippen LogP contribution in [-0.4, -0.2) is 55.1 Å². The van der Waals surface area contributed by atoms with E-state index in [1.54, 1.807) is 7.05 Å². The topological polar surface area (TPSA) is 88.4 Å². The Balaban J connectivity index is 0.00000243. The zero-order valence-electron chi connectivity index (χ0n) is 15.1. The molecule has 2 heterocycles. The number of aryl methyl sites for hydroxylation is 2. The number of guanidine groups is 1. The number of benzene rings is 1. The van der Waals surface area contributed by atoms with Crippen molar-refractivity contribution < 1.29 is 8.42 Å². The summed E-state index contributed by atoms with van der Waals surface area (Å²) in [5.41, 5.74) is 2.17. The number of halogens is 1. The van der Waals surface area contributed by atoms with Gasteiger partial charge in [-0.3, -0.25) is 4.99 Å². The second kappa shape index (κ2) is 9.03. The van der Waals surface area contributed by atoms with Crippen LogP contribution in [0, 0.1) is 6.92 Å². The van der Waals surface area contributed by atoms with E-state index in [-0.39, 0.29) is 41.5 Å². The number of rotatable bonds is 5. The summed E-state index contributed by atoms with van der Waals surface area (Å²) in [5.74, 6) is 2.12. The van der Waals surface area contributed by atoms with Crippen molar-refractivity contribution in [1.29, 1.82) is 0 Å². The number of nitrogens with zero attached hydrogens (tertiary/aromatic N) is 3. The van der Waals surface area contributed by atoms with Gasteiger partial charge in [0.25, 0.3) is 0 Å². The SMILES string of the molecule is CN=C(NCCCn1c(C)nc2ccccc21)NC1CCS(=O)(=O)C1.I. The van der Waals surface area contributed by atoms with Gasteiger partial charge in [0.15, 0.2) is 15.8 Å². The van der Waals surface area contributed by atoms with Crippen molar-refractivity contribution in [2.75, 3.05) is 25.1 Å². The normalized spacial score (nSPS) is 19.3. The number of aliphatic imine (C=N–C) groups is 1. The largest absolute Gasteiger partial charge is 0.356 e. The molecule has 1 atom stereocenters. The average molecular weight is 491 g/mol. The number of sulfone groups is 1. The summed E-state index contributed by atoms with van der Waals surface area (Å²) in [6, 6.07) is 8.09. The predicted octanol–water partition coefficient (Wildman–Crippen LogP) is 1.70. The van der Waals surface area contributed by atoms with Crippen LogP contribution in [0.15, 0.2) is 29.3 Å². The molecular formula is C17H26IN5O2S. The molecule has 0 saturated carbocycles. The highest BCUT2D eigenvalue weighted by atomic mass is 127. The molecular weight excluding hydrogens is 465 g/mol. The highest BCUT2D eigenvalue weighted by molar-refractivity contribution is 14.0. The third kappa shape index (κ3) is 5.09. The van der Waals surface area contributed by atoms with E-state index in [2.05, 4.69) is 31.2 Å². The first-order valence-corrected chi connectivity index (χ1v) is 10.4. The van der Waals surface area contributed by atoms with Crippen molar-refractivity contribution in [3.05, 3.63) is 30.1 Å². The van der Waals surface area contributed by atoms with Crippen molar-refractivity contribution in [2.24, 2.45) is 4.99 Å². The smallest absolute Gasteiger partial charge is 0.191 e. The molecule has 1 aliphatic heterocycles. The average Bonchev–Trinajstić information content (AvgIpc) is 3.09. The number of nitrogens with one attached hydrogen (secondary N) is 2. The Kier molecular flexibility index (Phi) is 7.27. The molecule has 7 nitrogen and oxygen atoms in total. The van der Waals surface area contributed by atoms with Crippen LogP contribution < -0.4 is 10.6 Å². The van der Waals surface area contributed by atoms with Gasteiger partial charge in [0, 0.05) is 26.2 Å². The van der Waals surface area contributed by atoms with E-state index in [0.29, 0.717) is 12.4 Å². The third-order valence-corrected chi connectivity index (χ3v) is 6.26. The molecule has 0 bridgehead atoms. The first kappa shape index (κ1) is 20.9. The fraction of sp³-hybridized carbons (Fsp3) is 0.529. The molecule has 0 amide bonds. The molecule has 26 heavy (non-hydrogen) atoms. The maximum atomic E-state index is 11.5. The highest BCUT2D eigenvalue weighted by Crippen LogP contribution is 2.15. The molecule has 3 rings (SSSR count). The minimum Gasteiger partial charge on any atom is -0.356 e. The summed E-state index contributed by atoms with van der Waals surface area (Å²) < 4.78 is 25.3. The van der Waals surface area contributed by atoms with Gasteiger partial charge in [-0.1, -0.05) is 12.1 Å². The molecule has 2 N–H and O–H groups in total. The standard InChI is InChI=1S/C17H25N5O2S.HI/c1-13-20-15-6-3-4-7-16(15)22(13)10-5-9-19-17(18-2)21-14-8-11-25(23,24)12-14;/h3-4,6-7,14H,5,8-12H2,1-2H3,(H2,18,19,21);1H. The fourth-order valence-electron chi connectivity index (χ4n) is 3.22. The van der Waals surface area contributed by atoms with E-state index in [1.165, 1.54) is 0 Å². The van der Waals surface area contributed by atoms with E-state index in [4.69, 9.17) is 0 Å². The van der Waals surface area contributed by atoms with Crippen molar-refractivity contribution in [2.45, 2.75) is 32.4 Å². The van der Waals surface area contributed by atoms with Crippen LogP contribution in [0.2, 0.25) is 0 Å². The van der Waals surface area contributed by atoms with Crippen molar-refractivity contribution in [3.8, 4) is 0 Å². The Bertz CT molecular complexity index is 878. The molecule has 9 heteroatoms. The van der Waals surface area contributed by atoms with Gasteiger partial charge in [-0.15, -0.1) is 24.0 Å². The lowest BCUT2D eigenvalue weighted by Gasteiger charge is -2.16. The Hall–Kier alpha value is -1.36. The highest BCUT2D eigenvalue weighted by Gasteiger charge is 2.28. The molecule has 1 saturated heterocycles. The maximum Gasteiger partial charge on any atom is 0.191 e. The second-order valence-electron chi connectivity index (χ2n) is 6.40. The van der Waals surface area contributed by atoms with Gasteiger partial charge in [-0.05, 0) is 31.9 Å². The summed E-state index contributed by atoms with van der Waals surface area (Å²) in [7, 11) is -1.18. The van der Waals surface area contributed by atoms with E-state index in [1.807, 2.05) is 25.1 Å². The van der Waals surface area contributed by atoms with Crippen molar-refractivity contribution in [1.82, 2.24) is 20.2 Å². The number of fused-ring (bicyclic) bond motifs is 1. The zero-order chi connectivity index (χ0) is 17.9. The maximum absolute atomic E-state index is 11.5. The lowest BCUT2D eigenvalue weighted by Crippen LogP contribution is -2.44. The number of para-hydroxylation sites is 2. The Labute approximate surface area is 171 Å². The second-order valence-corrected chi connectivity index (χ2v) is 8.62. The monoisotopic (exact) mass is 491 g/mol. The molecule has 144 valence electrons. The van der Waals surface area contributed by atoms with Crippen LogP contribution in [0.3, 0.4) is 0 Å². The molecule has 0 spiro atoms. The predicted molar refractivity (Wildman–Crippen MR) is 116 cm³/mol. The summed E-state index contributed by atoms with van der Waals surface area (Å²) >= 11 is 0. The first-order chi connectivity index (χ1) is 12.0. The first-order valence-electron chi connectivity index (χ1n) is 8.58. The van der Waals surface area contributed by atoms with E-state index in [9.17, 15) is 8.42 Å². The van der Waals surface area contributed by atoms with Crippen LogP contribution in [0.1, 0.15) is 18.7 Å². The molecule has 1 aliphatic rings. The molecule has 0 aliphatic carbocycles. The summed E-state index contributed by atoms with van der Waals surface area (Å²) in [6.07, 6.45) is 1.56. The van der Waals surface area contributed by atoms with Gasteiger partial charge < -0.3 is 15.2 Å². The third-order valence-electron chi connectivity index (χ3n) is 4.49. The van der Waals surface area contributed by atoms with Gasteiger partial charge in [-0.25, -0.2) is 13.4 Å². The van der Waals surface area contributed by atoms with Gasteiger partial charge in [0.05, 0.1) is 22.5 Å². The molecule has 2 aromatic rings. The summed E-state index contributed by atoms with van der Waals surface area (Å²) in [4.78, 5) is 8.76. The lowest BCUT2D eigenvalue weighted by atomic mass is 10.3. The van der Waals surface area contributed by atoms with Crippen molar-refractivity contribution in [3.63, 3.8) is 0 Å². The van der Waals surface area contributed by atoms with Crippen LogP contribution >= 0.6 is 24.0 Å². The quantitative estimate of drug-likeness (QED) is 0.288. The van der Waals surface area contributed by atoms with Crippen molar-refractivity contribution >= 4 is 50.8 Å². The van der Waals surface area contributed by atoms with Gasteiger partial charge in [0.2, 0.25) is 0 Å². The van der Waals surface area contributed by atoms with Gasteiger partial charge in [-0.2, -0.15) is 0 Å². The zero-order valence-corrected chi connectivity index (χ0v) is 18.3. The van der Waals surface area contributed by atoms with E-state index >= 15 is 0 Å². The van der Waals surface area contributed by atoms with Gasteiger partial charge >= 0.3 is 0 Å². The van der Waals surface area contributed by atoms with E-state index in [0.717, 1.165) is 36.4 Å². The number of hydrogen-bond donors (Lipinski definition) is 2. The van der Waals surface area contributed by atoms with Crippen LogP contribution in [0.4, 0.5) is 0 Å². The lowest BCUT2D eigenvalue weighted by molar-refractivity contribution is 0.598. The Morgan fingerprint density at radius 2 is 2.15 bits per heavy atom. The molecule has 1 aromatic heterocycles. The minimum atomic E-state index is -2.89. The van der Waals surface area contributed by atoms with Gasteiger partial charge in [0.1, 0.15) is 5.82 Å². The summed E-state index contributed by atoms with van der Waals surface area (Å²) in [6.45, 7) is 3.65. The Morgan fingerprint density at radius 1 is 1.38 bits per heavy atom. The number of aromatic nitrogens is 2. The summed E-state index contributed by atoms with van der Waals surface area (Å²) in [5, 5.41) is 6.46. The molecule has 1 aromatic carbocycles.